The lowest BCUT2D eigenvalue weighted by Crippen LogP contribution is -2.30. The molecule has 3 N–H and O–H groups in total. The summed E-state index contributed by atoms with van der Waals surface area (Å²) in [5.74, 6) is -0.187. The zero-order valence-corrected chi connectivity index (χ0v) is 19.1. The highest BCUT2D eigenvalue weighted by Crippen LogP contribution is 2.44. The molecule has 0 fully saturated rings. The molecule has 0 radical (unpaired) electrons. The van der Waals surface area contributed by atoms with Gasteiger partial charge in [-0.25, -0.2) is 4.79 Å². The van der Waals surface area contributed by atoms with Crippen LogP contribution in [0.1, 0.15) is 23.5 Å². The van der Waals surface area contributed by atoms with Crippen LogP contribution in [-0.2, 0) is 19.1 Å². The topological polar surface area (TPSA) is 114 Å². The molecule has 1 aliphatic carbocycles. The first-order chi connectivity index (χ1) is 16.1. The quantitative estimate of drug-likeness (QED) is 0.384. The van der Waals surface area contributed by atoms with E-state index in [4.69, 9.17) is 14.6 Å². The Labute approximate surface area is 197 Å². The van der Waals surface area contributed by atoms with Crippen LogP contribution in [0.25, 0.3) is 11.1 Å². The van der Waals surface area contributed by atoms with E-state index in [1.165, 1.54) is 34.0 Å². The van der Waals surface area contributed by atoms with E-state index in [2.05, 4.69) is 34.9 Å². The fourth-order valence-corrected chi connectivity index (χ4v) is 4.29. The summed E-state index contributed by atoms with van der Waals surface area (Å²) in [6.07, 6.45) is -0.527. The van der Waals surface area contributed by atoms with E-state index in [1.54, 1.807) is 0 Å². The highest BCUT2D eigenvalue weighted by molar-refractivity contribution is 7.99. The Bertz CT molecular complexity index is 922. The molecule has 0 spiro atoms. The molecule has 0 heterocycles. The van der Waals surface area contributed by atoms with E-state index in [0.717, 1.165) is 0 Å². The molecule has 176 valence electrons. The summed E-state index contributed by atoms with van der Waals surface area (Å²) in [7, 11) is 0. The molecule has 1 aliphatic rings. The number of benzene rings is 2. The van der Waals surface area contributed by atoms with Gasteiger partial charge in [-0.15, -0.1) is 0 Å². The largest absolute Gasteiger partial charge is 0.481 e. The fourth-order valence-electron chi connectivity index (χ4n) is 3.61. The average Bonchev–Trinajstić information content (AvgIpc) is 3.13. The standard InChI is InChI=1S/C24H28N2O6S/c27-22(25-10-13-31-12-9-23(28)29)16-33-14-11-26-24(30)32-15-21-19-7-3-1-5-17(19)18-6-2-4-8-20(18)21/h1-8,21H,9-16H2,(H,25,27)(H,26,30)(H,28,29). The molecule has 2 amide bonds. The number of carboxylic acids is 1. The average molecular weight is 473 g/mol. The molecule has 0 saturated carbocycles. The number of carbonyl (C=O) groups is 3. The van der Waals surface area contributed by atoms with Gasteiger partial charge in [-0.05, 0) is 22.3 Å². The summed E-state index contributed by atoms with van der Waals surface area (Å²) in [6, 6.07) is 16.4. The van der Waals surface area contributed by atoms with Crippen molar-refractivity contribution >= 4 is 29.7 Å². The Hall–Kier alpha value is -3.04. The minimum Gasteiger partial charge on any atom is -0.481 e. The van der Waals surface area contributed by atoms with Crippen molar-refractivity contribution < 1.29 is 29.0 Å². The number of hydrogen-bond donors (Lipinski definition) is 3. The van der Waals surface area contributed by atoms with E-state index in [-0.39, 0.29) is 43.8 Å². The van der Waals surface area contributed by atoms with Crippen LogP contribution in [0.4, 0.5) is 4.79 Å². The van der Waals surface area contributed by atoms with Crippen molar-refractivity contribution in [3.8, 4) is 11.1 Å². The Morgan fingerprint density at radius 2 is 1.58 bits per heavy atom. The summed E-state index contributed by atoms with van der Waals surface area (Å²) < 4.78 is 10.6. The van der Waals surface area contributed by atoms with Gasteiger partial charge in [0.25, 0.3) is 0 Å². The maximum Gasteiger partial charge on any atom is 0.407 e. The summed E-state index contributed by atoms with van der Waals surface area (Å²) in [6.45, 7) is 1.39. The van der Waals surface area contributed by atoms with Gasteiger partial charge in [0.15, 0.2) is 0 Å². The van der Waals surface area contributed by atoms with E-state index < -0.39 is 12.1 Å². The molecular weight excluding hydrogens is 444 g/mol. The zero-order chi connectivity index (χ0) is 23.5. The second-order valence-electron chi connectivity index (χ2n) is 7.41. The molecule has 2 aromatic rings. The number of carbonyl (C=O) groups excluding carboxylic acids is 2. The number of fused-ring (bicyclic) bond motifs is 3. The highest BCUT2D eigenvalue weighted by atomic mass is 32.2. The number of carboxylic acid groups (broad SMARTS) is 1. The van der Waals surface area contributed by atoms with Crippen LogP contribution < -0.4 is 10.6 Å². The third kappa shape index (κ3) is 7.50. The first kappa shape index (κ1) is 24.6. The van der Waals surface area contributed by atoms with Crippen molar-refractivity contribution in [1.29, 1.82) is 0 Å². The number of ether oxygens (including phenoxy) is 2. The molecule has 3 rings (SSSR count). The lowest BCUT2D eigenvalue weighted by atomic mass is 9.98. The monoisotopic (exact) mass is 472 g/mol. The molecule has 0 saturated heterocycles. The molecule has 0 unspecified atom stereocenters. The molecule has 9 heteroatoms. The van der Waals surface area contributed by atoms with Gasteiger partial charge in [-0.3, -0.25) is 9.59 Å². The molecule has 0 aromatic heterocycles. The maximum absolute atomic E-state index is 12.1. The third-order valence-corrected chi connectivity index (χ3v) is 6.08. The predicted octanol–water partition coefficient (Wildman–Crippen LogP) is 2.87. The summed E-state index contributed by atoms with van der Waals surface area (Å²) in [4.78, 5) is 34.2. The molecule has 33 heavy (non-hydrogen) atoms. The fraction of sp³-hybridized carbons (Fsp3) is 0.375. The minimum atomic E-state index is -0.915. The van der Waals surface area contributed by atoms with Gasteiger partial charge in [0.1, 0.15) is 6.61 Å². The Morgan fingerprint density at radius 1 is 0.909 bits per heavy atom. The van der Waals surface area contributed by atoms with E-state index in [9.17, 15) is 14.4 Å². The molecule has 8 nitrogen and oxygen atoms in total. The Morgan fingerprint density at radius 3 is 2.24 bits per heavy atom. The minimum absolute atomic E-state index is 0.0225. The predicted molar refractivity (Wildman–Crippen MR) is 126 cm³/mol. The van der Waals surface area contributed by atoms with Crippen molar-refractivity contribution in [2.75, 3.05) is 44.4 Å². The zero-order valence-electron chi connectivity index (χ0n) is 18.2. The van der Waals surface area contributed by atoms with Crippen LogP contribution in [0, 0.1) is 0 Å². The van der Waals surface area contributed by atoms with Crippen molar-refractivity contribution in [3.63, 3.8) is 0 Å². The van der Waals surface area contributed by atoms with Crippen molar-refractivity contribution in [2.45, 2.75) is 12.3 Å². The van der Waals surface area contributed by atoms with Crippen molar-refractivity contribution in [1.82, 2.24) is 10.6 Å². The van der Waals surface area contributed by atoms with Gasteiger partial charge in [-0.2, -0.15) is 11.8 Å². The number of amides is 2. The normalized spacial score (nSPS) is 12.0. The Kier molecular flexibility index (Phi) is 9.59. The van der Waals surface area contributed by atoms with Gasteiger partial charge in [0, 0.05) is 24.8 Å². The number of rotatable bonds is 13. The summed E-state index contributed by atoms with van der Waals surface area (Å²) in [5.41, 5.74) is 4.70. The lowest BCUT2D eigenvalue weighted by molar-refractivity contribution is -0.138. The summed E-state index contributed by atoms with van der Waals surface area (Å²) in [5, 5.41) is 13.9. The van der Waals surface area contributed by atoms with E-state index in [1.807, 2.05) is 24.3 Å². The molecular formula is C24H28N2O6S. The third-order valence-electron chi connectivity index (χ3n) is 5.12. The summed E-state index contributed by atoms with van der Waals surface area (Å²) >= 11 is 1.40. The SMILES string of the molecule is O=C(O)CCOCCNC(=O)CSCCNC(=O)OCC1c2ccccc2-c2ccccc21. The van der Waals surface area contributed by atoms with Crippen LogP contribution in [0.3, 0.4) is 0 Å². The molecule has 0 bridgehead atoms. The van der Waals surface area contributed by atoms with Crippen LogP contribution in [0.15, 0.2) is 48.5 Å². The Balaban J connectivity index is 1.27. The van der Waals surface area contributed by atoms with Gasteiger partial charge < -0.3 is 25.2 Å². The number of hydrogen-bond acceptors (Lipinski definition) is 6. The van der Waals surface area contributed by atoms with Gasteiger partial charge in [0.2, 0.25) is 5.91 Å². The molecule has 2 aromatic carbocycles. The lowest BCUT2D eigenvalue weighted by Gasteiger charge is -2.14. The smallest absolute Gasteiger partial charge is 0.407 e. The van der Waals surface area contributed by atoms with Gasteiger partial charge in [-0.1, -0.05) is 48.5 Å². The molecule has 0 aliphatic heterocycles. The second kappa shape index (κ2) is 12.9. The number of aliphatic carboxylic acids is 1. The van der Waals surface area contributed by atoms with Crippen LogP contribution in [-0.4, -0.2) is 67.5 Å². The number of thioether (sulfide) groups is 1. The van der Waals surface area contributed by atoms with Crippen molar-refractivity contribution in [3.05, 3.63) is 59.7 Å². The van der Waals surface area contributed by atoms with Gasteiger partial charge in [0.05, 0.1) is 25.4 Å². The van der Waals surface area contributed by atoms with Crippen LogP contribution >= 0.6 is 11.8 Å². The van der Waals surface area contributed by atoms with E-state index >= 15 is 0 Å². The maximum atomic E-state index is 12.1. The van der Waals surface area contributed by atoms with Crippen LogP contribution in [0.2, 0.25) is 0 Å². The van der Waals surface area contributed by atoms with Crippen LogP contribution in [0.5, 0.6) is 0 Å². The second-order valence-corrected chi connectivity index (χ2v) is 8.52. The van der Waals surface area contributed by atoms with Gasteiger partial charge >= 0.3 is 12.1 Å². The number of alkyl carbamates (subject to hydrolysis) is 1. The highest BCUT2D eigenvalue weighted by Gasteiger charge is 2.28. The number of nitrogens with one attached hydrogen (secondary N) is 2. The van der Waals surface area contributed by atoms with E-state index in [0.29, 0.717) is 18.8 Å². The molecule has 0 atom stereocenters. The van der Waals surface area contributed by atoms with Crippen molar-refractivity contribution in [2.24, 2.45) is 0 Å². The first-order valence-corrected chi connectivity index (χ1v) is 11.9. The first-order valence-electron chi connectivity index (χ1n) is 10.8.